The number of thioether (sulfide) groups is 1. The minimum atomic E-state index is -0.417. The van der Waals surface area contributed by atoms with Gasteiger partial charge in [0.15, 0.2) is 7.05 Å². The van der Waals surface area contributed by atoms with Gasteiger partial charge in [0.1, 0.15) is 0 Å². The molecule has 0 bridgehead atoms. The first kappa shape index (κ1) is 16.4. The minimum absolute atomic E-state index is 0.0564. The normalized spacial score (nSPS) is 10.7. The second-order valence-electron chi connectivity index (χ2n) is 4.95. The summed E-state index contributed by atoms with van der Waals surface area (Å²) in [5, 5.41) is 5.87. The van der Waals surface area contributed by atoms with Crippen molar-refractivity contribution in [2.75, 3.05) is 11.1 Å². The fourth-order valence-corrected chi connectivity index (χ4v) is 3.00. The molecule has 22 heavy (non-hydrogen) atoms. The van der Waals surface area contributed by atoms with Crippen LogP contribution < -0.4 is 15.6 Å². The monoisotopic (exact) mass is 322 g/mol. The molecule has 0 saturated carbocycles. The van der Waals surface area contributed by atoms with Crippen molar-refractivity contribution in [1.29, 1.82) is 0 Å². The van der Waals surface area contributed by atoms with Gasteiger partial charge in [0, 0.05) is 17.9 Å². The number of carbonyl (C=O) groups is 1. The highest BCUT2D eigenvalue weighted by atomic mass is 32.2. The van der Waals surface area contributed by atoms with Crippen molar-refractivity contribution in [2.24, 2.45) is 7.05 Å². The molecule has 1 heterocycles. The molecule has 0 aliphatic heterocycles. The highest BCUT2D eigenvalue weighted by Crippen LogP contribution is 2.21. The number of aromatic nitrogens is 2. The van der Waals surface area contributed by atoms with Crippen LogP contribution in [0, 0.1) is 6.92 Å². The summed E-state index contributed by atoms with van der Waals surface area (Å²) in [6.45, 7) is 4.04. The number of nitrogens with zero attached hydrogens (tertiary/aromatic N) is 1. The number of aryl methyl sites for hydroxylation is 3. The maximum absolute atomic E-state index is 12.1. The number of hydrogen-bond donors (Lipinski definition) is 2. The summed E-state index contributed by atoms with van der Waals surface area (Å²) in [7, 11) is 1.69. The number of anilines is 1. The van der Waals surface area contributed by atoms with Crippen molar-refractivity contribution in [2.45, 2.75) is 31.7 Å². The molecule has 0 radical (unpaired) electrons. The Morgan fingerprint density at radius 1 is 1.45 bits per heavy atom. The Kier molecular flexibility index (Phi) is 5.43. The number of para-hydroxylation sites is 1. The molecular weight excluding hydrogens is 302 g/mol. The van der Waals surface area contributed by atoms with Gasteiger partial charge in [-0.25, -0.2) is 4.79 Å². The molecule has 0 atom stereocenters. The van der Waals surface area contributed by atoms with E-state index in [9.17, 15) is 9.59 Å². The van der Waals surface area contributed by atoms with Gasteiger partial charge in [-0.05, 0) is 41.5 Å². The molecule has 2 N–H and O–H groups in total. The summed E-state index contributed by atoms with van der Waals surface area (Å²) >= 11 is 1.30. The van der Waals surface area contributed by atoms with E-state index < -0.39 is 5.63 Å². The quantitative estimate of drug-likeness (QED) is 0.628. The van der Waals surface area contributed by atoms with Crippen LogP contribution >= 0.6 is 11.8 Å². The molecule has 0 saturated heterocycles. The Morgan fingerprint density at radius 2 is 2.23 bits per heavy atom. The standard InChI is InChI=1S/C15H19N3O3S/c1-4-11-7-5-6-10(2)13(11)16-12(19)8-9-22-14-15(20)21-17-18(14)3/h5-7H,4,8-9H2,1-3H3,(H-,16,17,19,20)/p+1. The van der Waals surface area contributed by atoms with E-state index in [1.165, 1.54) is 16.4 Å². The van der Waals surface area contributed by atoms with Crippen LogP contribution in [0.1, 0.15) is 24.5 Å². The van der Waals surface area contributed by atoms with Crippen LogP contribution in [-0.2, 0) is 18.3 Å². The maximum Gasteiger partial charge on any atom is 0.441 e. The van der Waals surface area contributed by atoms with Gasteiger partial charge in [-0.3, -0.25) is 9.32 Å². The van der Waals surface area contributed by atoms with Crippen molar-refractivity contribution in [3.63, 3.8) is 0 Å². The molecule has 0 spiro atoms. The van der Waals surface area contributed by atoms with Gasteiger partial charge < -0.3 is 5.32 Å². The zero-order chi connectivity index (χ0) is 16.1. The van der Waals surface area contributed by atoms with Crippen molar-refractivity contribution in [3.8, 4) is 0 Å². The number of carbonyl (C=O) groups excluding carboxylic acids is 1. The minimum Gasteiger partial charge on any atom is -0.326 e. The predicted octanol–water partition coefficient (Wildman–Crippen LogP) is 1.78. The first-order valence-electron chi connectivity index (χ1n) is 7.11. The highest BCUT2D eigenvalue weighted by molar-refractivity contribution is 7.99. The molecule has 6 nitrogen and oxygen atoms in total. The topological polar surface area (TPSA) is 79.0 Å². The predicted molar refractivity (Wildman–Crippen MR) is 85.0 cm³/mol. The average Bonchev–Trinajstić information content (AvgIpc) is 2.81. The average molecular weight is 322 g/mol. The van der Waals surface area contributed by atoms with Gasteiger partial charge in [-0.1, -0.05) is 29.8 Å². The molecule has 0 unspecified atom stereocenters. The highest BCUT2D eigenvalue weighted by Gasteiger charge is 2.18. The molecule has 1 amide bonds. The van der Waals surface area contributed by atoms with Crippen LogP contribution in [0.5, 0.6) is 0 Å². The van der Waals surface area contributed by atoms with Gasteiger partial charge in [0.05, 0.1) is 0 Å². The second kappa shape index (κ2) is 7.31. The number of hydrogen-bond acceptors (Lipinski definition) is 4. The summed E-state index contributed by atoms with van der Waals surface area (Å²) in [5.74, 6) is 0.453. The Hall–Kier alpha value is -2.02. The SMILES string of the molecule is CCc1cccc(C)c1NC(=O)CCSc1c(=O)o[nH][n+]1C. The summed E-state index contributed by atoms with van der Waals surface area (Å²) in [6.07, 6.45) is 1.19. The van der Waals surface area contributed by atoms with E-state index in [0.717, 1.165) is 23.2 Å². The van der Waals surface area contributed by atoms with E-state index in [0.29, 0.717) is 17.2 Å². The molecule has 118 valence electrons. The fourth-order valence-electron chi connectivity index (χ4n) is 2.13. The van der Waals surface area contributed by atoms with Gasteiger partial charge >= 0.3 is 10.7 Å². The molecule has 7 heteroatoms. The number of benzene rings is 1. The third-order valence-corrected chi connectivity index (χ3v) is 4.45. The smallest absolute Gasteiger partial charge is 0.326 e. The van der Waals surface area contributed by atoms with Crippen molar-refractivity contribution < 1.29 is 14.0 Å². The molecular formula is C15H20N3O3S+. The van der Waals surface area contributed by atoms with Crippen LogP contribution in [0.2, 0.25) is 0 Å². The summed E-state index contributed by atoms with van der Waals surface area (Å²) in [4.78, 5) is 23.5. The van der Waals surface area contributed by atoms with Gasteiger partial charge in [0.2, 0.25) is 5.91 Å². The number of aromatic amines is 1. The maximum atomic E-state index is 12.1. The molecule has 1 aromatic heterocycles. The number of H-pyrrole nitrogens is 1. The Balaban J connectivity index is 1.93. The van der Waals surface area contributed by atoms with Gasteiger partial charge in [-0.15, -0.1) is 0 Å². The van der Waals surface area contributed by atoms with E-state index in [1.54, 1.807) is 7.05 Å². The molecule has 0 aliphatic carbocycles. The van der Waals surface area contributed by atoms with Crippen LogP contribution in [0.3, 0.4) is 0 Å². The first-order valence-corrected chi connectivity index (χ1v) is 8.10. The number of rotatable bonds is 6. The number of amides is 1. The van der Waals surface area contributed by atoms with Crippen molar-refractivity contribution >= 4 is 23.4 Å². The molecule has 2 aromatic rings. The second-order valence-corrected chi connectivity index (χ2v) is 6.04. The lowest BCUT2D eigenvalue weighted by Crippen LogP contribution is -2.33. The van der Waals surface area contributed by atoms with Crippen LogP contribution in [-0.4, -0.2) is 16.9 Å². The van der Waals surface area contributed by atoms with E-state index >= 15 is 0 Å². The van der Waals surface area contributed by atoms with E-state index in [-0.39, 0.29) is 5.91 Å². The Morgan fingerprint density at radius 3 is 2.86 bits per heavy atom. The fraction of sp³-hybridized carbons (Fsp3) is 0.400. The van der Waals surface area contributed by atoms with Crippen molar-refractivity contribution in [1.82, 2.24) is 5.27 Å². The molecule has 0 fully saturated rings. The lowest BCUT2D eigenvalue weighted by atomic mass is 10.1. The van der Waals surface area contributed by atoms with Crippen molar-refractivity contribution in [3.05, 3.63) is 39.7 Å². The summed E-state index contributed by atoms with van der Waals surface area (Å²) in [5.41, 5.74) is 2.66. The zero-order valence-electron chi connectivity index (χ0n) is 12.9. The Bertz CT molecular complexity index is 721. The number of nitrogens with one attached hydrogen (secondary N) is 2. The lowest BCUT2D eigenvalue weighted by Gasteiger charge is -2.12. The summed E-state index contributed by atoms with van der Waals surface area (Å²) < 4.78 is 6.16. The van der Waals surface area contributed by atoms with Crippen LogP contribution in [0.15, 0.2) is 32.5 Å². The third kappa shape index (κ3) is 3.79. The first-order chi connectivity index (χ1) is 10.5. The molecule has 0 aliphatic rings. The molecule has 1 aromatic carbocycles. The van der Waals surface area contributed by atoms with E-state index in [4.69, 9.17) is 0 Å². The van der Waals surface area contributed by atoms with E-state index in [1.807, 2.05) is 25.1 Å². The van der Waals surface area contributed by atoms with Gasteiger partial charge in [-0.2, -0.15) is 0 Å². The van der Waals surface area contributed by atoms with Crippen LogP contribution in [0.25, 0.3) is 0 Å². The Labute approximate surface area is 132 Å². The zero-order valence-corrected chi connectivity index (χ0v) is 13.8. The summed E-state index contributed by atoms with van der Waals surface area (Å²) in [6, 6.07) is 5.99. The van der Waals surface area contributed by atoms with Gasteiger partial charge in [0.25, 0.3) is 0 Å². The third-order valence-electron chi connectivity index (χ3n) is 3.33. The lowest BCUT2D eigenvalue weighted by molar-refractivity contribution is -0.772. The molecule has 2 rings (SSSR count). The van der Waals surface area contributed by atoms with Crippen LogP contribution in [0.4, 0.5) is 5.69 Å². The largest absolute Gasteiger partial charge is 0.441 e. The van der Waals surface area contributed by atoms with E-state index in [2.05, 4.69) is 22.0 Å².